The molecule has 1 aliphatic carbocycles. The van der Waals surface area contributed by atoms with E-state index in [4.69, 9.17) is 0 Å². The summed E-state index contributed by atoms with van der Waals surface area (Å²) >= 11 is 0. The van der Waals surface area contributed by atoms with E-state index in [9.17, 15) is 0 Å². The van der Waals surface area contributed by atoms with Crippen molar-refractivity contribution in [2.24, 2.45) is 5.92 Å². The summed E-state index contributed by atoms with van der Waals surface area (Å²) in [5, 5.41) is 15.5. The fourth-order valence-corrected chi connectivity index (χ4v) is 10.4. The predicted octanol–water partition coefficient (Wildman–Crippen LogP) is 16.5. The van der Waals surface area contributed by atoms with Gasteiger partial charge in [0.05, 0.1) is 11.0 Å². The number of aromatic nitrogens is 1. The number of nitrogens with zero attached hydrogens (tertiary/aromatic N) is 2. The van der Waals surface area contributed by atoms with E-state index >= 15 is 0 Å². The summed E-state index contributed by atoms with van der Waals surface area (Å²) in [6.45, 7) is 9.19. The summed E-state index contributed by atoms with van der Waals surface area (Å²) in [4.78, 5) is 2.46. The van der Waals surface area contributed by atoms with Crippen LogP contribution in [0, 0.1) is 5.92 Å². The van der Waals surface area contributed by atoms with Crippen molar-refractivity contribution in [2.75, 3.05) is 4.90 Å². The van der Waals surface area contributed by atoms with Gasteiger partial charge < -0.3 is 9.47 Å². The average molecular weight is 783 g/mol. The van der Waals surface area contributed by atoms with Gasteiger partial charge in [-0.3, -0.25) is 0 Å². The van der Waals surface area contributed by atoms with Crippen molar-refractivity contribution in [2.45, 2.75) is 39.5 Å². The lowest BCUT2D eigenvalue weighted by Gasteiger charge is -2.28. The number of hydrogen-bond acceptors (Lipinski definition) is 1. The van der Waals surface area contributed by atoms with E-state index in [0.29, 0.717) is 5.92 Å². The van der Waals surface area contributed by atoms with Crippen LogP contribution in [-0.4, -0.2) is 4.57 Å². The molecule has 0 saturated carbocycles. The van der Waals surface area contributed by atoms with Crippen LogP contribution in [0.4, 0.5) is 17.1 Å². The molecule has 0 fully saturated rings. The number of rotatable bonds is 4. The zero-order chi connectivity index (χ0) is 41.0. The molecule has 1 atom stereocenters. The first-order valence-electron chi connectivity index (χ1n) is 21.7. The van der Waals surface area contributed by atoms with Crippen LogP contribution in [0.1, 0.15) is 44.4 Å². The Hall–Kier alpha value is -7.16. The van der Waals surface area contributed by atoms with Gasteiger partial charge in [0, 0.05) is 33.5 Å². The number of allylic oxidation sites excluding steroid dienone is 1. The summed E-state index contributed by atoms with van der Waals surface area (Å²) in [7, 11) is 0. The van der Waals surface area contributed by atoms with Gasteiger partial charge in [0.2, 0.25) is 0 Å². The normalized spacial score (nSPS) is 14.3. The van der Waals surface area contributed by atoms with Crippen molar-refractivity contribution >= 4 is 98.8 Å². The van der Waals surface area contributed by atoms with Crippen molar-refractivity contribution in [3.63, 3.8) is 0 Å². The molecule has 0 aliphatic heterocycles. The molecular weight excluding hydrogens is 737 g/mol. The van der Waals surface area contributed by atoms with E-state index in [2.05, 4.69) is 225 Å². The van der Waals surface area contributed by atoms with E-state index < -0.39 is 0 Å². The molecule has 0 saturated heterocycles. The van der Waals surface area contributed by atoms with Gasteiger partial charge in [-0.25, -0.2) is 0 Å². The van der Waals surface area contributed by atoms with Gasteiger partial charge in [0.25, 0.3) is 0 Å². The van der Waals surface area contributed by atoms with Gasteiger partial charge in [0.15, 0.2) is 0 Å². The molecule has 61 heavy (non-hydrogen) atoms. The Morgan fingerprint density at radius 2 is 0.934 bits per heavy atom. The Labute approximate surface area is 356 Å². The zero-order valence-corrected chi connectivity index (χ0v) is 35.1. The zero-order valence-electron chi connectivity index (χ0n) is 35.1. The number of para-hydroxylation sites is 1. The maximum absolute atomic E-state index is 2.48. The molecule has 10 aromatic carbocycles. The van der Waals surface area contributed by atoms with Crippen LogP contribution in [0.5, 0.6) is 0 Å². The molecule has 292 valence electrons. The Morgan fingerprint density at radius 1 is 0.443 bits per heavy atom. The van der Waals surface area contributed by atoms with E-state index in [1.807, 2.05) is 0 Å². The molecule has 0 spiro atoms. The van der Waals surface area contributed by atoms with Gasteiger partial charge >= 0.3 is 0 Å². The van der Waals surface area contributed by atoms with E-state index in [1.165, 1.54) is 92.4 Å². The highest BCUT2D eigenvalue weighted by Gasteiger charge is 2.23. The summed E-state index contributed by atoms with van der Waals surface area (Å²) in [5.74, 6) is 0.508. The Balaban J connectivity index is 1.11. The third-order valence-electron chi connectivity index (χ3n) is 13.4. The van der Waals surface area contributed by atoms with Gasteiger partial charge in [-0.2, -0.15) is 0 Å². The van der Waals surface area contributed by atoms with Crippen LogP contribution in [0.3, 0.4) is 0 Å². The third-order valence-corrected chi connectivity index (χ3v) is 13.4. The van der Waals surface area contributed by atoms with Crippen LogP contribution >= 0.6 is 0 Å². The fourth-order valence-electron chi connectivity index (χ4n) is 10.4. The lowest BCUT2D eigenvalue weighted by Crippen LogP contribution is -2.13. The minimum absolute atomic E-state index is 0.0488. The van der Waals surface area contributed by atoms with E-state index in [-0.39, 0.29) is 5.41 Å². The minimum atomic E-state index is 0.0488. The quantitative estimate of drug-likeness (QED) is 0.161. The average Bonchev–Trinajstić information content (AvgIpc) is 3.62. The van der Waals surface area contributed by atoms with Crippen molar-refractivity contribution < 1.29 is 0 Å². The first kappa shape index (κ1) is 35.8. The molecule has 0 radical (unpaired) electrons. The fraction of sp³-hybridized carbons (Fsp3) is 0.119. The second kappa shape index (κ2) is 13.4. The highest BCUT2D eigenvalue weighted by Crippen LogP contribution is 2.45. The second-order valence-electron chi connectivity index (χ2n) is 18.2. The molecular formula is C59H46N2. The summed E-state index contributed by atoms with van der Waals surface area (Å²) in [6.07, 6.45) is 5.78. The molecule has 0 bridgehead atoms. The van der Waals surface area contributed by atoms with E-state index in [1.54, 1.807) is 0 Å². The largest absolute Gasteiger partial charge is 0.310 e. The molecule has 12 rings (SSSR count). The molecule has 1 aliphatic rings. The van der Waals surface area contributed by atoms with Crippen LogP contribution in [0.2, 0.25) is 0 Å². The lowest BCUT2D eigenvalue weighted by atomic mass is 9.83. The van der Waals surface area contributed by atoms with Gasteiger partial charge in [0.1, 0.15) is 0 Å². The van der Waals surface area contributed by atoms with Crippen molar-refractivity contribution in [3.05, 3.63) is 199 Å². The number of fused-ring (bicyclic) bond motifs is 15. The summed E-state index contributed by atoms with van der Waals surface area (Å²) in [5.41, 5.74) is 11.1. The molecule has 1 aromatic heterocycles. The van der Waals surface area contributed by atoms with Gasteiger partial charge in [-0.1, -0.05) is 161 Å². The third kappa shape index (κ3) is 5.55. The maximum atomic E-state index is 2.48. The van der Waals surface area contributed by atoms with Crippen molar-refractivity contribution in [1.82, 2.24) is 4.57 Å². The Morgan fingerprint density at radius 3 is 1.61 bits per heavy atom. The molecule has 1 unspecified atom stereocenters. The number of anilines is 3. The minimum Gasteiger partial charge on any atom is -0.310 e. The Bertz CT molecular complexity index is 3580. The van der Waals surface area contributed by atoms with Gasteiger partial charge in [-0.15, -0.1) is 0 Å². The van der Waals surface area contributed by atoms with Crippen molar-refractivity contribution in [1.29, 1.82) is 0 Å². The molecule has 0 amide bonds. The molecule has 2 nitrogen and oxygen atoms in total. The SMILES string of the molecule is CC1C=Cc2c(c3ccc(N(c4ccc(C(C)(C)C)cc4)c4ccc5c6ccccc6n(-c6ccc7c8ccccc8c8ccccc8c7c6)c5c4)cc3c3ccccc23)C1. The van der Waals surface area contributed by atoms with Crippen LogP contribution in [0.15, 0.2) is 182 Å². The van der Waals surface area contributed by atoms with Crippen molar-refractivity contribution in [3.8, 4) is 5.69 Å². The Kier molecular flexibility index (Phi) is 7.87. The standard InChI is InChI=1S/C59H46N2/c1-37-21-29-49-46-16-8-10-18-48(46)56-34-40(26-31-51(56)54(49)33-37)60(39-24-22-38(23-25-39)59(2,3)4)42-28-32-53-52-19-11-12-20-57(52)61(58(53)36-42)41-27-30-50-45-15-6-5-13-43(45)44-14-7-9-17-47(44)55(50)35-41/h5-32,34-37H,33H2,1-4H3. The molecule has 0 N–H and O–H groups in total. The second-order valence-corrected chi connectivity index (χ2v) is 18.2. The number of benzene rings is 10. The summed E-state index contributed by atoms with van der Waals surface area (Å²) < 4.78 is 2.48. The topological polar surface area (TPSA) is 8.17 Å². The molecule has 1 heterocycles. The first-order chi connectivity index (χ1) is 29.8. The monoisotopic (exact) mass is 782 g/mol. The predicted molar refractivity (Wildman–Crippen MR) is 264 cm³/mol. The summed E-state index contributed by atoms with van der Waals surface area (Å²) in [6, 6.07) is 66.1. The molecule has 11 aromatic rings. The highest BCUT2D eigenvalue weighted by atomic mass is 15.1. The van der Waals surface area contributed by atoms with Crippen LogP contribution in [-0.2, 0) is 11.8 Å². The molecule has 2 heteroatoms. The lowest BCUT2D eigenvalue weighted by molar-refractivity contribution is 0.590. The van der Waals surface area contributed by atoms with Gasteiger partial charge in [-0.05, 0) is 143 Å². The number of hydrogen-bond donors (Lipinski definition) is 0. The maximum Gasteiger partial charge on any atom is 0.0561 e. The van der Waals surface area contributed by atoms with E-state index in [0.717, 1.165) is 29.2 Å². The smallest absolute Gasteiger partial charge is 0.0561 e. The highest BCUT2D eigenvalue weighted by molar-refractivity contribution is 6.26. The first-order valence-corrected chi connectivity index (χ1v) is 21.7. The van der Waals surface area contributed by atoms with Crippen LogP contribution in [0.25, 0.3) is 87.4 Å². The van der Waals surface area contributed by atoms with Crippen LogP contribution < -0.4 is 4.90 Å².